The molecule has 3 aromatic rings. The molecule has 3 N–H and O–H groups in total. The van der Waals surface area contributed by atoms with Gasteiger partial charge in [-0.15, -0.1) is 0 Å². The van der Waals surface area contributed by atoms with E-state index in [4.69, 9.17) is 10.0 Å². The Hall–Kier alpha value is -3.88. The number of carbonyl (C=O) groups is 1. The summed E-state index contributed by atoms with van der Waals surface area (Å²) in [6.07, 6.45) is 6.13. The van der Waals surface area contributed by atoms with Crippen LogP contribution in [0.25, 0.3) is 6.08 Å². The third-order valence-electron chi connectivity index (χ3n) is 6.30. The van der Waals surface area contributed by atoms with Crippen molar-refractivity contribution in [3.8, 4) is 6.07 Å². The fraction of sp³-hybridized carbons (Fsp3) is 0.231. The van der Waals surface area contributed by atoms with Gasteiger partial charge in [0.1, 0.15) is 27.5 Å². The van der Waals surface area contributed by atoms with Crippen LogP contribution in [0.5, 0.6) is 0 Å². The van der Waals surface area contributed by atoms with Gasteiger partial charge in [0, 0.05) is 36.6 Å². The summed E-state index contributed by atoms with van der Waals surface area (Å²) in [7, 11) is -1.96. The predicted molar refractivity (Wildman–Crippen MR) is 133 cm³/mol. The number of rotatable bonds is 6. The lowest BCUT2D eigenvalue weighted by atomic mass is 9.94. The van der Waals surface area contributed by atoms with Gasteiger partial charge in [-0.2, -0.15) is 5.26 Å². The molecule has 2 heterocycles. The maximum Gasteiger partial charge on any atom is 0.272 e. The topological polar surface area (TPSA) is 111 Å². The first-order valence-electron chi connectivity index (χ1n) is 11.4. The Morgan fingerprint density at radius 1 is 1.27 bits per heavy atom. The maximum atomic E-state index is 13.9. The van der Waals surface area contributed by atoms with Gasteiger partial charge in [0.2, 0.25) is 0 Å². The van der Waals surface area contributed by atoms with Crippen molar-refractivity contribution >= 4 is 27.6 Å². The van der Waals surface area contributed by atoms with Gasteiger partial charge in [-0.25, -0.2) is 26.9 Å². The Bertz CT molecular complexity index is 1540. The Kier molecular flexibility index (Phi) is 7.25. The summed E-state index contributed by atoms with van der Waals surface area (Å²) in [5.41, 5.74) is 0.610. The zero-order valence-corrected chi connectivity index (χ0v) is 20.8. The zero-order valence-electron chi connectivity index (χ0n) is 20.0. The fourth-order valence-corrected chi connectivity index (χ4v) is 5.85. The highest BCUT2D eigenvalue weighted by Crippen LogP contribution is 2.30. The smallest absolute Gasteiger partial charge is 0.272 e. The number of aryl methyl sites for hydroxylation is 2. The van der Waals surface area contributed by atoms with Crippen molar-refractivity contribution in [2.75, 3.05) is 5.32 Å². The number of nitriles is 1. The van der Waals surface area contributed by atoms with Crippen LogP contribution in [0.15, 0.2) is 53.6 Å². The quantitative estimate of drug-likeness (QED) is 0.413. The number of fused-ring (bicyclic) bond motifs is 1. The maximum absolute atomic E-state index is 13.9. The number of anilines is 1. The number of carbonyl (C=O) groups excluding carboxylic acids is 1. The van der Waals surface area contributed by atoms with E-state index >= 15 is 0 Å². The molecule has 1 amide bonds. The molecule has 1 unspecified atom stereocenters. The summed E-state index contributed by atoms with van der Waals surface area (Å²) in [5, 5.41) is 11.5. The summed E-state index contributed by atoms with van der Waals surface area (Å²) in [4.78, 5) is 13.2. The van der Waals surface area contributed by atoms with Gasteiger partial charge in [-0.05, 0) is 42.5 Å². The van der Waals surface area contributed by atoms with Crippen molar-refractivity contribution in [1.29, 1.82) is 10.0 Å². The van der Waals surface area contributed by atoms with E-state index in [1.807, 2.05) is 6.92 Å². The Morgan fingerprint density at radius 2 is 1.97 bits per heavy atom. The third-order valence-corrected chi connectivity index (χ3v) is 7.85. The average Bonchev–Trinajstić information content (AvgIpc) is 3.13. The molecule has 0 fully saturated rings. The van der Waals surface area contributed by atoms with E-state index in [-0.39, 0.29) is 33.6 Å². The van der Waals surface area contributed by atoms with Crippen LogP contribution in [0.3, 0.4) is 0 Å². The van der Waals surface area contributed by atoms with Gasteiger partial charge in [-0.1, -0.05) is 31.2 Å². The molecule has 0 aliphatic carbocycles. The molecule has 3 atom stereocenters. The number of halogens is 3. The van der Waals surface area contributed by atoms with Crippen LogP contribution in [-0.4, -0.2) is 20.7 Å². The van der Waals surface area contributed by atoms with Gasteiger partial charge in [0.05, 0.1) is 10.5 Å². The van der Waals surface area contributed by atoms with Crippen molar-refractivity contribution in [1.82, 2.24) is 9.29 Å². The Morgan fingerprint density at radius 3 is 2.65 bits per heavy atom. The van der Waals surface area contributed by atoms with Crippen molar-refractivity contribution in [2.45, 2.75) is 30.7 Å². The minimum Gasteiger partial charge on any atom is -0.345 e. The number of hydrogen-bond donors (Lipinski definition) is 3. The molecule has 192 valence electrons. The van der Waals surface area contributed by atoms with Crippen LogP contribution in [0.1, 0.15) is 40.5 Å². The highest BCUT2D eigenvalue weighted by atomic mass is 32.2. The first-order valence-corrected chi connectivity index (χ1v) is 12.9. The molecule has 1 aliphatic heterocycles. The second-order valence-corrected chi connectivity index (χ2v) is 10.7. The number of nitrogens with one attached hydrogen (secondary N) is 3. The average molecular weight is 528 g/mol. The molecule has 0 bridgehead atoms. The van der Waals surface area contributed by atoms with Crippen molar-refractivity contribution in [3.05, 3.63) is 88.5 Å². The second-order valence-electron chi connectivity index (χ2n) is 8.95. The number of hydrogen-bond acceptors (Lipinski definition) is 4. The SMILES string of the molecule is C[C@@H](CCc1ccc(F)cc1)[C@H]1C=Cc2c(cn(C)c2C(=O)Nc2cc(F)c(F)c(C#N)c2)S(=N)(=O)N1. The van der Waals surface area contributed by atoms with E-state index in [9.17, 15) is 22.2 Å². The molecule has 0 saturated carbocycles. The lowest BCUT2D eigenvalue weighted by molar-refractivity contribution is 0.101. The van der Waals surface area contributed by atoms with Gasteiger partial charge in [0.15, 0.2) is 11.6 Å². The van der Waals surface area contributed by atoms with Crippen LogP contribution in [0.2, 0.25) is 0 Å². The van der Waals surface area contributed by atoms with Gasteiger partial charge >= 0.3 is 0 Å². The largest absolute Gasteiger partial charge is 0.345 e. The van der Waals surface area contributed by atoms with Crippen molar-refractivity contribution in [3.63, 3.8) is 0 Å². The molecule has 0 saturated heterocycles. The molecule has 1 aliphatic rings. The van der Waals surface area contributed by atoms with Gasteiger partial charge in [0.25, 0.3) is 5.91 Å². The summed E-state index contributed by atoms with van der Waals surface area (Å²) >= 11 is 0. The Balaban J connectivity index is 1.59. The summed E-state index contributed by atoms with van der Waals surface area (Å²) in [6.45, 7) is 1.94. The van der Waals surface area contributed by atoms with E-state index in [2.05, 4.69) is 10.0 Å². The van der Waals surface area contributed by atoms with E-state index in [0.29, 0.717) is 12.8 Å². The molecular formula is C26H24F3N5O2S. The first kappa shape index (κ1) is 26.2. The Labute approximate surface area is 212 Å². The van der Waals surface area contributed by atoms with E-state index in [1.165, 1.54) is 29.0 Å². The van der Waals surface area contributed by atoms with E-state index in [1.54, 1.807) is 31.3 Å². The van der Waals surface area contributed by atoms with Crippen LogP contribution < -0.4 is 10.0 Å². The van der Waals surface area contributed by atoms with Crippen molar-refractivity contribution < 1.29 is 22.2 Å². The highest BCUT2D eigenvalue weighted by molar-refractivity contribution is 7.90. The molecule has 11 heteroatoms. The van der Waals surface area contributed by atoms with Crippen LogP contribution in [-0.2, 0) is 23.4 Å². The van der Waals surface area contributed by atoms with E-state index in [0.717, 1.165) is 17.7 Å². The lowest BCUT2D eigenvalue weighted by Crippen LogP contribution is -2.36. The number of amides is 1. The first-order chi connectivity index (χ1) is 17.5. The number of nitrogens with zero attached hydrogens (tertiary/aromatic N) is 2. The fourth-order valence-electron chi connectivity index (χ4n) is 4.25. The number of aromatic nitrogens is 1. The number of benzene rings is 2. The summed E-state index contributed by atoms with van der Waals surface area (Å²) in [6, 6.07) is 9.07. The normalized spacial score (nSPS) is 19.5. The minimum absolute atomic E-state index is 0.0471. The van der Waals surface area contributed by atoms with Gasteiger partial charge < -0.3 is 9.88 Å². The standard InChI is InChI=1S/C26H24F3N5O2S/c1-15(3-4-16-5-7-18(27)8-6-16)22-10-9-20-23(37(31,36)33-22)14-34(2)25(20)26(35)32-19-11-17(13-30)24(29)21(28)12-19/h5-12,14-15,22H,3-4H2,1-2H3,(H,32,35)(H2,31,33,36)/t15-,22+,37?/m0/s1. The highest BCUT2D eigenvalue weighted by Gasteiger charge is 2.30. The molecule has 1 aromatic heterocycles. The van der Waals surface area contributed by atoms with E-state index < -0.39 is 39.1 Å². The molecule has 37 heavy (non-hydrogen) atoms. The third kappa shape index (κ3) is 5.45. The minimum atomic E-state index is -3.51. The molecule has 4 rings (SSSR count). The monoisotopic (exact) mass is 527 g/mol. The second kappa shape index (κ2) is 10.2. The van der Waals surface area contributed by atoms with Crippen LogP contribution in [0, 0.1) is 39.5 Å². The molecular weight excluding hydrogens is 503 g/mol. The molecule has 0 radical (unpaired) electrons. The van der Waals surface area contributed by atoms with Crippen LogP contribution >= 0.6 is 0 Å². The van der Waals surface area contributed by atoms with Crippen molar-refractivity contribution in [2.24, 2.45) is 13.0 Å². The lowest BCUT2D eigenvalue weighted by Gasteiger charge is -2.22. The molecule has 7 nitrogen and oxygen atoms in total. The summed E-state index contributed by atoms with van der Waals surface area (Å²) < 4.78 is 66.9. The van der Waals surface area contributed by atoms with Gasteiger partial charge in [-0.3, -0.25) is 4.79 Å². The predicted octanol–water partition coefficient (Wildman–Crippen LogP) is 5.14. The summed E-state index contributed by atoms with van der Waals surface area (Å²) in [5.74, 6) is -3.66. The zero-order chi connectivity index (χ0) is 26.9. The molecule has 2 aromatic carbocycles. The van der Waals surface area contributed by atoms with Crippen LogP contribution in [0.4, 0.5) is 18.9 Å². The molecule has 0 spiro atoms.